The second-order valence-corrected chi connectivity index (χ2v) is 8.15. The van der Waals surface area contributed by atoms with Crippen molar-refractivity contribution >= 4 is 0 Å². The van der Waals surface area contributed by atoms with E-state index in [1.165, 1.54) is 55.6 Å². The first-order chi connectivity index (χ1) is 13.8. The van der Waals surface area contributed by atoms with Crippen molar-refractivity contribution in [1.82, 2.24) is 0 Å². The Morgan fingerprint density at radius 2 is 0.929 bits per heavy atom. The molecule has 0 spiro atoms. The Hall–Kier alpha value is -3.12. The smallest absolute Gasteiger partial charge is 0.00735 e. The van der Waals surface area contributed by atoms with Crippen LogP contribution in [0.2, 0.25) is 0 Å². The van der Waals surface area contributed by atoms with Crippen molar-refractivity contribution in [3.63, 3.8) is 0 Å². The summed E-state index contributed by atoms with van der Waals surface area (Å²) in [4.78, 5) is 0. The Labute approximate surface area is 166 Å². The molecule has 28 heavy (non-hydrogen) atoms. The summed E-state index contributed by atoms with van der Waals surface area (Å²) < 4.78 is 0. The fourth-order valence-corrected chi connectivity index (χ4v) is 5.33. The van der Waals surface area contributed by atoms with E-state index < -0.39 is 0 Å². The van der Waals surface area contributed by atoms with Crippen LogP contribution in [0.1, 0.15) is 46.2 Å². The molecular formula is C28H22. The van der Waals surface area contributed by atoms with Gasteiger partial charge in [0.05, 0.1) is 0 Å². The van der Waals surface area contributed by atoms with Crippen molar-refractivity contribution in [3.05, 3.63) is 118 Å². The van der Waals surface area contributed by atoms with Gasteiger partial charge < -0.3 is 0 Å². The highest BCUT2D eigenvalue weighted by Gasteiger charge is 2.27. The molecule has 0 heterocycles. The Morgan fingerprint density at radius 3 is 1.43 bits per heavy atom. The van der Waals surface area contributed by atoms with Crippen molar-refractivity contribution in [2.45, 2.75) is 25.7 Å². The molecule has 4 aromatic carbocycles. The van der Waals surface area contributed by atoms with Crippen LogP contribution in [0, 0.1) is 0 Å². The molecule has 0 atom stereocenters. The van der Waals surface area contributed by atoms with Crippen molar-refractivity contribution in [2.75, 3.05) is 0 Å². The molecule has 0 fully saturated rings. The number of hydrogen-bond donors (Lipinski definition) is 0. The Balaban J connectivity index is 1.55. The van der Waals surface area contributed by atoms with E-state index in [1.54, 1.807) is 0 Å². The van der Waals surface area contributed by atoms with Gasteiger partial charge in [-0.15, -0.1) is 0 Å². The first-order valence-electron chi connectivity index (χ1n) is 10.2. The van der Waals surface area contributed by atoms with Crippen LogP contribution in [-0.4, -0.2) is 0 Å². The summed E-state index contributed by atoms with van der Waals surface area (Å²) in [6, 6.07) is 31.6. The lowest BCUT2D eigenvalue weighted by atomic mass is 9.83. The van der Waals surface area contributed by atoms with E-state index in [2.05, 4.69) is 91.9 Å². The van der Waals surface area contributed by atoms with E-state index in [-0.39, 0.29) is 0 Å². The summed E-state index contributed by atoms with van der Waals surface area (Å²) in [6.07, 6.45) is 2.11. The van der Waals surface area contributed by atoms with Gasteiger partial charge in [0.15, 0.2) is 0 Å². The minimum atomic E-state index is 0.363. The molecule has 0 aliphatic heterocycles. The van der Waals surface area contributed by atoms with E-state index >= 15 is 0 Å². The summed E-state index contributed by atoms with van der Waals surface area (Å²) in [5.74, 6) is 0.363. The topological polar surface area (TPSA) is 0 Å². The minimum absolute atomic E-state index is 0.363. The van der Waals surface area contributed by atoms with Gasteiger partial charge >= 0.3 is 0 Å². The molecule has 0 saturated carbocycles. The third-order valence-corrected chi connectivity index (χ3v) is 6.63. The highest BCUT2D eigenvalue weighted by Crippen LogP contribution is 2.46. The quantitative estimate of drug-likeness (QED) is 0.313. The van der Waals surface area contributed by atoms with Gasteiger partial charge in [-0.25, -0.2) is 0 Å². The molecule has 2 aliphatic carbocycles. The largest absolute Gasteiger partial charge is 0.0619 e. The Bertz CT molecular complexity index is 1130. The van der Waals surface area contributed by atoms with Gasteiger partial charge in [-0.3, -0.25) is 0 Å². The van der Waals surface area contributed by atoms with Crippen molar-refractivity contribution < 1.29 is 0 Å². The number of rotatable bonds is 2. The van der Waals surface area contributed by atoms with Crippen molar-refractivity contribution in [3.8, 4) is 22.3 Å². The van der Waals surface area contributed by atoms with Crippen molar-refractivity contribution in [1.29, 1.82) is 0 Å². The third kappa shape index (κ3) is 2.18. The third-order valence-electron chi connectivity index (χ3n) is 6.63. The molecule has 134 valence electrons. The van der Waals surface area contributed by atoms with E-state index in [4.69, 9.17) is 0 Å². The van der Waals surface area contributed by atoms with Crippen LogP contribution in [0.5, 0.6) is 0 Å². The minimum Gasteiger partial charge on any atom is -0.0619 e. The summed E-state index contributed by atoms with van der Waals surface area (Å²) in [6.45, 7) is 2.38. The molecule has 0 nitrogen and oxygen atoms in total. The summed E-state index contributed by atoms with van der Waals surface area (Å²) in [7, 11) is 0. The van der Waals surface area contributed by atoms with Gasteiger partial charge in [0.1, 0.15) is 0 Å². The van der Waals surface area contributed by atoms with Gasteiger partial charge in [-0.05, 0) is 68.5 Å². The number of hydrogen-bond acceptors (Lipinski definition) is 0. The average molecular weight is 358 g/mol. The summed E-state index contributed by atoms with van der Waals surface area (Å²) in [5.41, 5.74) is 14.6. The predicted octanol–water partition coefficient (Wildman–Crippen LogP) is 6.98. The van der Waals surface area contributed by atoms with Crippen LogP contribution in [0.4, 0.5) is 0 Å². The second-order valence-electron chi connectivity index (χ2n) is 8.15. The standard InChI is InChI=1S/C28H22/c1-18(23-14-6-10-21-16-19-8-2-4-12-25(19)27(21)23)24-15-7-11-22-17-20-9-3-5-13-26(20)28(22)24/h2-15,18H,16-17H2,1H3. The molecule has 2 aliphatic rings. The van der Waals surface area contributed by atoms with Crippen molar-refractivity contribution in [2.24, 2.45) is 0 Å². The first-order valence-corrected chi connectivity index (χ1v) is 10.2. The zero-order valence-corrected chi connectivity index (χ0v) is 16.1. The highest BCUT2D eigenvalue weighted by atomic mass is 14.3. The van der Waals surface area contributed by atoms with E-state index in [9.17, 15) is 0 Å². The second kappa shape index (κ2) is 5.94. The summed E-state index contributed by atoms with van der Waals surface area (Å²) in [5, 5.41) is 0. The molecule has 0 unspecified atom stereocenters. The predicted molar refractivity (Wildman–Crippen MR) is 117 cm³/mol. The fourth-order valence-electron chi connectivity index (χ4n) is 5.33. The first kappa shape index (κ1) is 15.9. The molecule has 0 heteroatoms. The molecular weight excluding hydrogens is 336 g/mol. The van der Waals surface area contributed by atoms with Gasteiger partial charge in [0, 0.05) is 5.92 Å². The van der Waals surface area contributed by atoms with E-state index in [1.807, 2.05) is 0 Å². The molecule has 0 amide bonds. The maximum atomic E-state index is 2.38. The highest BCUT2D eigenvalue weighted by molar-refractivity contribution is 5.83. The number of benzene rings is 4. The van der Waals surface area contributed by atoms with Crippen LogP contribution in [0.15, 0.2) is 84.9 Å². The van der Waals surface area contributed by atoms with Crippen LogP contribution >= 0.6 is 0 Å². The molecule has 0 saturated heterocycles. The zero-order valence-electron chi connectivity index (χ0n) is 16.1. The van der Waals surface area contributed by atoms with Gasteiger partial charge in [-0.2, -0.15) is 0 Å². The molecule has 0 N–H and O–H groups in total. The maximum absolute atomic E-state index is 2.38. The van der Waals surface area contributed by atoms with E-state index in [0.717, 1.165) is 12.8 Å². The number of fused-ring (bicyclic) bond motifs is 6. The Kier molecular flexibility index (Phi) is 3.37. The maximum Gasteiger partial charge on any atom is 0.00735 e. The van der Waals surface area contributed by atoms with Crippen LogP contribution < -0.4 is 0 Å². The van der Waals surface area contributed by atoms with Crippen LogP contribution in [-0.2, 0) is 12.8 Å². The SMILES string of the molecule is CC(c1cccc2c1-c1ccccc1C2)c1cccc2c1-c1ccccc1C2. The van der Waals surface area contributed by atoms with Crippen LogP contribution in [0.25, 0.3) is 22.3 Å². The summed E-state index contributed by atoms with van der Waals surface area (Å²) >= 11 is 0. The fraction of sp³-hybridized carbons (Fsp3) is 0.143. The average Bonchev–Trinajstić information content (AvgIpc) is 3.31. The molecule has 0 aromatic heterocycles. The van der Waals surface area contributed by atoms with Crippen LogP contribution in [0.3, 0.4) is 0 Å². The molecule has 0 radical (unpaired) electrons. The molecule has 6 rings (SSSR count). The lowest BCUT2D eigenvalue weighted by Gasteiger charge is -2.21. The lowest BCUT2D eigenvalue weighted by Crippen LogP contribution is -2.02. The molecule has 4 aromatic rings. The Morgan fingerprint density at radius 1 is 0.500 bits per heavy atom. The monoisotopic (exact) mass is 358 g/mol. The van der Waals surface area contributed by atoms with Gasteiger partial charge in [-0.1, -0.05) is 91.9 Å². The van der Waals surface area contributed by atoms with Gasteiger partial charge in [0.25, 0.3) is 0 Å². The normalized spacial score (nSPS) is 13.2. The molecule has 0 bridgehead atoms. The lowest BCUT2D eigenvalue weighted by molar-refractivity contribution is 0.925. The van der Waals surface area contributed by atoms with E-state index in [0.29, 0.717) is 5.92 Å². The zero-order chi connectivity index (χ0) is 18.7. The van der Waals surface area contributed by atoms with Gasteiger partial charge in [0.2, 0.25) is 0 Å².